The molecule has 0 aliphatic carbocycles. The topological polar surface area (TPSA) is 60.7 Å². The summed E-state index contributed by atoms with van der Waals surface area (Å²) < 4.78 is 0. The fourth-order valence-electron chi connectivity index (χ4n) is 3.24. The monoisotopic (exact) mass is 320 g/mol. The molecule has 3 nitrogen and oxygen atoms in total. The molecule has 0 atom stereocenters. The molecule has 0 fully saturated rings. The van der Waals surface area contributed by atoms with Crippen LogP contribution in [0.5, 0.6) is 17.2 Å². The van der Waals surface area contributed by atoms with Crippen molar-refractivity contribution in [3.05, 3.63) is 89.5 Å². The van der Waals surface area contributed by atoms with Crippen molar-refractivity contribution in [1.82, 2.24) is 0 Å². The van der Waals surface area contributed by atoms with Gasteiger partial charge in [-0.25, -0.2) is 0 Å². The minimum Gasteiger partial charge on any atom is -0.508 e. The highest BCUT2D eigenvalue weighted by Gasteiger charge is 2.33. The molecule has 0 radical (unpaired) electrons. The van der Waals surface area contributed by atoms with Crippen molar-refractivity contribution in [2.45, 2.75) is 18.8 Å². The number of phenolic OH excluding ortho intramolecular Hbond substituents is 3. The molecule has 3 heteroatoms. The second kappa shape index (κ2) is 6.28. The predicted octanol–water partition coefficient (Wildman–Crippen LogP) is 4.35. The highest BCUT2D eigenvalue weighted by Crippen LogP contribution is 2.43. The minimum absolute atomic E-state index is 0.196. The van der Waals surface area contributed by atoms with E-state index >= 15 is 0 Å². The molecule has 3 rings (SSSR count). The Kier molecular flexibility index (Phi) is 4.17. The standard InChI is InChI=1S/C21H20O3/c1-21(17-6-2-4-8-19(17)23,18-7-3-5-9-20(18)24)14-15-10-12-16(22)13-11-15/h2-13,22-24H,14H2,1H3. The van der Waals surface area contributed by atoms with E-state index in [0.29, 0.717) is 6.42 Å². The quantitative estimate of drug-likeness (QED) is 0.669. The molecule has 0 spiro atoms. The summed E-state index contributed by atoms with van der Waals surface area (Å²) in [5.74, 6) is 0.606. The zero-order valence-electron chi connectivity index (χ0n) is 13.5. The van der Waals surface area contributed by atoms with Crippen LogP contribution in [0.3, 0.4) is 0 Å². The van der Waals surface area contributed by atoms with Crippen molar-refractivity contribution < 1.29 is 15.3 Å². The van der Waals surface area contributed by atoms with E-state index in [2.05, 4.69) is 0 Å². The average Bonchev–Trinajstić information content (AvgIpc) is 2.57. The zero-order valence-corrected chi connectivity index (χ0v) is 13.5. The maximum absolute atomic E-state index is 10.4. The van der Waals surface area contributed by atoms with Gasteiger partial charge in [-0.15, -0.1) is 0 Å². The molecule has 0 aliphatic heterocycles. The summed E-state index contributed by atoms with van der Waals surface area (Å²) in [5.41, 5.74) is 1.88. The largest absolute Gasteiger partial charge is 0.508 e. The van der Waals surface area contributed by atoms with Gasteiger partial charge >= 0.3 is 0 Å². The molecule has 3 aromatic rings. The highest BCUT2D eigenvalue weighted by molar-refractivity contribution is 5.51. The molecule has 122 valence electrons. The molecule has 0 bridgehead atoms. The Hall–Kier alpha value is -2.94. The van der Waals surface area contributed by atoms with E-state index in [9.17, 15) is 15.3 Å². The summed E-state index contributed by atoms with van der Waals surface area (Å²) in [5, 5.41) is 30.3. The van der Waals surface area contributed by atoms with E-state index in [1.54, 1.807) is 36.4 Å². The Morgan fingerprint density at radius 3 is 1.58 bits per heavy atom. The van der Waals surface area contributed by atoms with Crippen LogP contribution in [-0.2, 0) is 11.8 Å². The number of rotatable bonds is 4. The van der Waals surface area contributed by atoms with Crippen LogP contribution in [0.1, 0.15) is 23.6 Å². The number of benzene rings is 3. The Morgan fingerprint density at radius 2 is 1.12 bits per heavy atom. The lowest BCUT2D eigenvalue weighted by Gasteiger charge is -2.32. The molecular formula is C21H20O3. The first-order valence-electron chi connectivity index (χ1n) is 7.85. The predicted molar refractivity (Wildman–Crippen MR) is 94.5 cm³/mol. The van der Waals surface area contributed by atoms with Crippen LogP contribution in [0.15, 0.2) is 72.8 Å². The third kappa shape index (κ3) is 2.93. The number of para-hydroxylation sites is 2. The number of hydrogen-bond acceptors (Lipinski definition) is 3. The smallest absolute Gasteiger partial charge is 0.119 e. The fraction of sp³-hybridized carbons (Fsp3) is 0.143. The molecule has 0 unspecified atom stereocenters. The summed E-state index contributed by atoms with van der Waals surface area (Å²) >= 11 is 0. The van der Waals surface area contributed by atoms with Crippen LogP contribution >= 0.6 is 0 Å². The average molecular weight is 320 g/mol. The van der Waals surface area contributed by atoms with Gasteiger partial charge < -0.3 is 15.3 Å². The van der Waals surface area contributed by atoms with Crippen LogP contribution in [0.4, 0.5) is 0 Å². The first-order chi connectivity index (χ1) is 11.5. The van der Waals surface area contributed by atoms with Gasteiger partial charge in [0.2, 0.25) is 0 Å². The lowest BCUT2D eigenvalue weighted by molar-refractivity contribution is 0.423. The normalized spacial score (nSPS) is 11.4. The van der Waals surface area contributed by atoms with Gasteiger partial charge in [0.25, 0.3) is 0 Å². The molecule has 0 heterocycles. The Morgan fingerprint density at radius 1 is 0.667 bits per heavy atom. The summed E-state index contributed by atoms with van der Waals surface area (Å²) in [4.78, 5) is 0. The first kappa shape index (κ1) is 15.9. The van der Waals surface area contributed by atoms with Gasteiger partial charge in [-0.2, -0.15) is 0 Å². The van der Waals surface area contributed by atoms with Crippen molar-refractivity contribution >= 4 is 0 Å². The van der Waals surface area contributed by atoms with Crippen LogP contribution in [0.2, 0.25) is 0 Å². The van der Waals surface area contributed by atoms with Crippen LogP contribution < -0.4 is 0 Å². The van der Waals surface area contributed by atoms with Crippen LogP contribution in [0, 0.1) is 0 Å². The molecule has 0 aliphatic rings. The first-order valence-corrected chi connectivity index (χ1v) is 7.85. The molecule has 0 saturated heterocycles. The van der Waals surface area contributed by atoms with Crippen molar-refractivity contribution in [2.24, 2.45) is 0 Å². The summed E-state index contributed by atoms with van der Waals surface area (Å²) in [7, 11) is 0. The van der Waals surface area contributed by atoms with Crippen LogP contribution in [0.25, 0.3) is 0 Å². The van der Waals surface area contributed by atoms with E-state index < -0.39 is 5.41 Å². The molecular weight excluding hydrogens is 300 g/mol. The third-order valence-corrected chi connectivity index (χ3v) is 4.49. The van der Waals surface area contributed by atoms with Gasteiger partial charge in [0.1, 0.15) is 17.2 Å². The number of hydrogen-bond donors (Lipinski definition) is 3. The van der Waals surface area contributed by atoms with Crippen molar-refractivity contribution in [3.63, 3.8) is 0 Å². The van der Waals surface area contributed by atoms with Crippen molar-refractivity contribution in [1.29, 1.82) is 0 Å². The van der Waals surface area contributed by atoms with Gasteiger partial charge in [-0.05, 0) is 36.2 Å². The minimum atomic E-state index is -0.617. The maximum Gasteiger partial charge on any atom is 0.119 e. The summed E-state index contributed by atoms with van der Waals surface area (Å²) in [6.07, 6.45) is 0.572. The van der Waals surface area contributed by atoms with Crippen molar-refractivity contribution in [3.8, 4) is 17.2 Å². The molecule has 0 aromatic heterocycles. The Balaban J connectivity index is 2.16. The third-order valence-electron chi connectivity index (χ3n) is 4.49. The van der Waals surface area contributed by atoms with Gasteiger partial charge in [-0.1, -0.05) is 55.5 Å². The molecule has 3 N–H and O–H groups in total. The summed E-state index contributed by atoms with van der Waals surface area (Å²) in [6, 6.07) is 21.4. The van der Waals surface area contributed by atoms with Crippen molar-refractivity contribution in [2.75, 3.05) is 0 Å². The molecule has 0 amide bonds. The second-order valence-corrected chi connectivity index (χ2v) is 6.21. The van der Waals surface area contributed by atoms with Gasteiger partial charge in [0, 0.05) is 16.5 Å². The van der Waals surface area contributed by atoms with E-state index in [4.69, 9.17) is 0 Å². The second-order valence-electron chi connectivity index (χ2n) is 6.21. The Bertz CT molecular complexity index is 792. The van der Waals surface area contributed by atoms with E-state index in [0.717, 1.165) is 16.7 Å². The summed E-state index contributed by atoms with van der Waals surface area (Å²) in [6.45, 7) is 2.00. The Labute approximate surface area is 141 Å². The molecule has 3 aromatic carbocycles. The van der Waals surface area contributed by atoms with E-state index in [1.807, 2.05) is 43.3 Å². The zero-order chi connectivity index (χ0) is 17.2. The highest BCUT2D eigenvalue weighted by atomic mass is 16.3. The number of phenols is 3. The molecule has 0 saturated carbocycles. The van der Waals surface area contributed by atoms with Gasteiger partial charge in [-0.3, -0.25) is 0 Å². The lowest BCUT2D eigenvalue weighted by atomic mass is 9.71. The number of aromatic hydroxyl groups is 3. The fourth-order valence-corrected chi connectivity index (χ4v) is 3.24. The van der Waals surface area contributed by atoms with E-state index in [-0.39, 0.29) is 17.2 Å². The van der Waals surface area contributed by atoms with E-state index in [1.165, 1.54) is 0 Å². The lowest BCUT2D eigenvalue weighted by Crippen LogP contribution is -2.27. The van der Waals surface area contributed by atoms with Crippen LogP contribution in [-0.4, -0.2) is 15.3 Å². The van der Waals surface area contributed by atoms with Gasteiger partial charge in [0.05, 0.1) is 0 Å². The van der Waals surface area contributed by atoms with Gasteiger partial charge in [0.15, 0.2) is 0 Å². The SMILES string of the molecule is CC(Cc1ccc(O)cc1)(c1ccccc1O)c1ccccc1O. The molecule has 24 heavy (non-hydrogen) atoms. The maximum atomic E-state index is 10.4.